The van der Waals surface area contributed by atoms with Crippen molar-refractivity contribution in [2.75, 3.05) is 0 Å². The summed E-state index contributed by atoms with van der Waals surface area (Å²) < 4.78 is 0. The molecule has 1 aliphatic rings. The molecule has 0 bridgehead atoms. The highest BCUT2D eigenvalue weighted by Gasteiger charge is 2.28. The van der Waals surface area contributed by atoms with Crippen molar-refractivity contribution in [2.24, 2.45) is 0 Å². The average molecular weight is 217 g/mol. The molecule has 2 rings (SSSR count). The van der Waals surface area contributed by atoms with E-state index in [-0.39, 0.29) is 11.8 Å². The van der Waals surface area contributed by atoms with Gasteiger partial charge in [-0.1, -0.05) is 19.4 Å². The Morgan fingerprint density at radius 3 is 2.62 bits per heavy atom. The minimum Gasteiger partial charge on any atom is -0.288 e. The minimum atomic E-state index is -0.273. The van der Waals surface area contributed by atoms with E-state index in [0.717, 1.165) is 24.8 Å². The monoisotopic (exact) mass is 217 g/mol. The highest BCUT2D eigenvalue weighted by atomic mass is 16.2. The van der Waals surface area contributed by atoms with Gasteiger partial charge in [0.2, 0.25) is 0 Å². The Kier molecular flexibility index (Phi) is 2.77. The maximum atomic E-state index is 11.6. The van der Waals surface area contributed by atoms with Gasteiger partial charge in [0.05, 0.1) is 11.1 Å². The molecule has 0 atom stereocenters. The molecule has 1 aromatic rings. The lowest BCUT2D eigenvalue weighted by Gasteiger charge is -2.07. The lowest BCUT2D eigenvalue weighted by Crippen LogP contribution is -2.20. The predicted molar refractivity (Wildman–Crippen MR) is 61.6 cm³/mol. The predicted octanol–water partition coefficient (Wildman–Crippen LogP) is 2.22. The number of nitrogens with one attached hydrogen (secondary N) is 1. The Bertz CT molecular complexity index is 463. The first kappa shape index (κ1) is 10.9. The van der Waals surface area contributed by atoms with Gasteiger partial charge in [-0.05, 0) is 37.0 Å². The topological polar surface area (TPSA) is 46.2 Å². The summed E-state index contributed by atoms with van der Waals surface area (Å²) in [6, 6.07) is 3.72. The Balaban J connectivity index is 2.44. The molecular formula is C13H15NO2. The summed E-state index contributed by atoms with van der Waals surface area (Å²) in [6.07, 6.45) is 3.20. The van der Waals surface area contributed by atoms with Gasteiger partial charge in [0, 0.05) is 0 Å². The Morgan fingerprint density at radius 1 is 1.19 bits per heavy atom. The van der Waals surface area contributed by atoms with Crippen LogP contribution >= 0.6 is 0 Å². The van der Waals surface area contributed by atoms with Gasteiger partial charge in [-0.3, -0.25) is 14.9 Å². The molecule has 1 aliphatic heterocycles. The zero-order chi connectivity index (χ0) is 11.7. The van der Waals surface area contributed by atoms with E-state index in [4.69, 9.17) is 0 Å². The number of hydrogen-bond acceptors (Lipinski definition) is 2. The first-order valence-corrected chi connectivity index (χ1v) is 5.63. The average Bonchev–Trinajstić information content (AvgIpc) is 2.54. The van der Waals surface area contributed by atoms with Gasteiger partial charge in [-0.2, -0.15) is 0 Å². The summed E-state index contributed by atoms with van der Waals surface area (Å²) in [7, 11) is 0. The molecule has 0 unspecified atom stereocenters. The number of rotatable bonds is 3. The van der Waals surface area contributed by atoms with E-state index < -0.39 is 0 Å². The van der Waals surface area contributed by atoms with Crippen LogP contribution in [-0.4, -0.2) is 11.8 Å². The number of carbonyl (C=O) groups excluding carboxylic acids is 2. The SMILES string of the molecule is CCCCc1ccc2c(c1C)C(=O)NC2=O. The number of carbonyl (C=O) groups is 2. The molecule has 0 spiro atoms. The molecular weight excluding hydrogens is 202 g/mol. The van der Waals surface area contributed by atoms with Crippen molar-refractivity contribution in [3.8, 4) is 0 Å². The number of imide groups is 1. The van der Waals surface area contributed by atoms with Crippen molar-refractivity contribution in [3.05, 3.63) is 34.4 Å². The summed E-state index contributed by atoms with van der Waals surface area (Å²) in [5.74, 6) is -0.527. The zero-order valence-corrected chi connectivity index (χ0v) is 9.59. The molecule has 0 fully saturated rings. The van der Waals surface area contributed by atoms with Crippen LogP contribution in [0.15, 0.2) is 12.1 Å². The van der Waals surface area contributed by atoms with Crippen molar-refractivity contribution in [1.82, 2.24) is 5.32 Å². The van der Waals surface area contributed by atoms with Crippen molar-refractivity contribution in [3.63, 3.8) is 0 Å². The molecule has 1 N–H and O–H groups in total. The first-order chi connectivity index (χ1) is 7.65. The maximum absolute atomic E-state index is 11.6. The fourth-order valence-electron chi connectivity index (χ4n) is 2.11. The number of fused-ring (bicyclic) bond motifs is 1. The molecule has 16 heavy (non-hydrogen) atoms. The molecule has 3 heteroatoms. The molecule has 2 amide bonds. The van der Waals surface area contributed by atoms with Gasteiger partial charge in [0.15, 0.2) is 0 Å². The normalized spacial score (nSPS) is 13.9. The summed E-state index contributed by atoms with van der Waals surface area (Å²) in [5, 5.41) is 2.33. The number of hydrogen-bond donors (Lipinski definition) is 1. The third-order valence-electron chi connectivity index (χ3n) is 3.08. The Morgan fingerprint density at radius 2 is 1.94 bits per heavy atom. The fourth-order valence-corrected chi connectivity index (χ4v) is 2.11. The van der Waals surface area contributed by atoms with Crippen LogP contribution in [0.1, 0.15) is 51.6 Å². The molecule has 84 valence electrons. The van der Waals surface area contributed by atoms with E-state index in [9.17, 15) is 9.59 Å². The van der Waals surface area contributed by atoms with Gasteiger partial charge in [-0.25, -0.2) is 0 Å². The van der Waals surface area contributed by atoms with Crippen molar-refractivity contribution >= 4 is 11.8 Å². The summed E-state index contributed by atoms with van der Waals surface area (Å²) >= 11 is 0. The second-order valence-corrected chi connectivity index (χ2v) is 4.16. The second-order valence-electron chi connectivity index (χ2n) is 4.16. The highest BCUT2D eigenvalue weighted by Crippen LogP contribution is 2.23. The number of unbranched alkanes of at least 4 members (excludes halogenated alkanes) is 1. The van der Waals surface area contributed by atoms with Crippen LogP contribution in [0.4, 0.5) is 0 Å². The zero-order valence-electron chi connectivity index (χ0n) is 9.59. The summed E-state index contributed by atoms with van der Waals surface area (Å²) in [5.41, 5.74) is 3.21. The molecule has 3 nitrogen and oxygen atoms in total. The van der Waals surface area contributed by atoms with Crippen molar-refractivity contribution < 1.29 is 9.59 Å². The number of amides is 2. The van der Waals surface area contributed by atoms with Gasteiger partial charge < -0.3 is 0 Å². The number of aryl methyl sites for hydroxylation is 1. The second kappa shape index (κ2) is 4.08. The van der Waals surface area contributed by atoms with E-state index in [2.05, 4.69) is 12.2 Å². The summed E-state index contributed by atoms with van der Waals surface area (Å²) in [6.45, 7) is 4.06. The lowest BCUT2D eigenvalue weighted by atomic mass is 9.95. The fraction of sp³-hybridized carbons (Fsp3) is 0.385. The van der Waals surface area contributed by atoms with Gasteiger partial charge in [0.1, 0.15) is 0 Å². The van der Waals surface area contributed by atoms with Crippen LogP contribution < -0.4 is 5.32 Å². The molecule has 0 aliphatic carbocycles. The molecule has 1 aromatic carbocycles. The largest absolute Gasteiger partial charge is 0.288 e. The highest BCUT2D eigenvalue weighted by molar-refractivity contribution is 6.22. The maximum Gasteiger partial charge on any atom is 0.259 e. The van der Waals surface area contributed by atoms with E-state index >= 15 is 0 Å². The van der Waals surface area contributed by atoms with Crippen LogP contribution in [0.3, 0.4) is 0 Å². The van der Waals surface area contributed by atoms with Crippen LogP contribution in [0.5, 0.6) is 0 Å². The summed E-state index contributed by atoms with van der Waals surface area (Å²) in [4.78, 5) is 23.0. The first-order valence-electron chi connectivity index (χ1n) is 5.63. The Hall–Kier alpha value is -1.64. The standard InChI is InChI=1S/C13H15NO2/c1-3-4-5-9-6-7-10-11(8(9)2)13(16)14-12(10)15/h6-7H,3-5H2,1-2H3,(H,14,15,16). The van der Waals surface area contributed by atoms with Crippen LogP contribution in [0.25, 0.3) is 0 Å². The van der Waals surface area contributed by atoms with Crippen molar-refractivity contribution in [1.29, 1.82) is 0 Å². The van der Waals surface area contributed by atoms with Gasteiger partial charge in [-0.15, -0.1) is 0 Å². The van der Waals surface area contributed by atoms with Crippen molar-refractivity contribution in [2.45, 2.75) is 33.1 Å². The Labute approximate surface area is 94.9 Å². The van der Waals surface area contributed by atoms with Gasteiger partial charge >= 0.3 is 0 Å². The van der Waals surface area contributed by atoms with E-state index in [1.54, 1.807) is 6.07 Å². The van der Waals surface area contributed by atoms with Crippen LogP contribution in [0.2, 0.25) is 0 Å². The molecule has 0 radical (unpaired) electrons. The van der Waals surface area contributed by atoms with Crippen LogP contribution in [-0.2, 0) is 6.42 Å². The molecule has 0 saturated carbocycles. The minimum absolute atomic E-state index is 0.254. The smallest absolute Gasteiger partial charge is 0.259 e. The van der Waals surface area contributed by atoms with Gasteiger partial charge in [0.25, 0.3) is 11.8 Å². The molecule has 0 saturated heterocycles. The third-order valence-corrected chi connectivity index (χ3v) is 3.08. The van der Waals surface area contributed by atoms with E-state index in [1.807, 2.05) is 13.0 Å². The van der Waals surface area contributed by atoms with E-state index in [0.29, 0.717) is 11.1 Å². The third kappa shape index (κ3) is 1.62. The number of benzene rings is 1. The lowest BCUT2D eigenvalue weighted by molar-refractivity contribution is 0.0879. The molecule has 0 aromatic heterocycles. The quantitative estimate of drug-likeness (QED) is 0.789. The van der Waals surface area contributed by atoms with Crippen LogP contribution in [0, 0.1) is 6.92 Å². The van der Waals surface area contributed by atoms with E-state index in [1.165, 1.54) is 5.56 Å². The molecule has 1 heterocycles.